The van der Waals surface area contributed by atoms with Crippen LogP contribution in [-0.2, 0) is 10.8 Å². The highest BCUT2D eigenvalue weighted by Crippen LogP contribution is 2.58. The van der Waals surface area contributed by atoms with Crippen molar-refractivity contribution in [1.82, 2.24) is 0 Å². The van der Waals surface area contributed by atoms with E-state index in [0.717, 1.165) is 55.7 Å². The van der Waals surface area contributed by atoms with Gasteiger partial charge in [-0.2, -0.15) is 0 Å². The molecule has 13 rings (SSSR count). The number of rotatable bonds is 10. The Morgan fingerprint density at radius 2 is 0.887 bits per heavy atom. The number of furan rings is 1. The maximum absolute atomic E-state index is 6.26. The number of benzene rings is 10. The van der Waals surface area contributed by atoms with Crippen LogP contribution in [0.1, 0.15) is 51.4 Å². The van der Waals surface area contributed by atoms with Crippen molar-refractivity contribution < 1.29 is 4.42 Å². The van der Waals surface area contributed by atoms with Crippen LogP contribution in [0.4, 0.5) is 17.1 Å². The first-order valence-electron chi connectivity index (χ1n) is 24.6. The Kier molecular flexibility index (Phi) is 10.0. The number of para-hydroxylation sites is 1. The first kappa shape index (κ1) is 42.1. The van der Waals surface area contributed by atoms with E-state index < -0.39 is 10.8 Å². The van der Waals surface area contributed by atoms with Gasteiger partial charge in [0.05, 0.1) is 10.8 Å². The van der Waals surface area contributed by atoms with Gasteiger partial charge in [-0.05, 0) is 139 Å². The van der Waals surface area contributed by atoms with Crippen LogP contribution in [0.5, 0.6) is 0 Å². The lowest BCUT2D eigenvalue weighted by atomic mass is 9.66. The van der Waals surface area contributed by atoms with Gasteiger partial charge in [0.25, 0.3) is 0 Å². The zero-order chi connectivity index (χ0) is 47.5. The lowest BCUT2D eigenvalue weighted by molar-refractivity contribution is 0.669. The van der Waals surface area contributed by atoms with Gasteiger partial charge in [-0.3, -0.25) is 0 Å². The summed E-state index contributed by atoms with van der Waals surface area (Å²) in [7, 11) is 0. The molecule has 2 nitrogen and oxygen atoms in total. The fraction of sp³-hybridized carbons (Fsp3) is 0.0435. The predicted molar refractivity (Wildman–Crippen MR) is 296 cm³/mol. The molecule has 0 saturated carbocycles. The van der Waals surface area contributed by atoms with Crippen LogP contribution >= 0.6 is 0 Å². The van der Waals surface area contributed by atoms with Gasteiger partial charge in [0.1, 0.15) is 11.2 Å². The largest absolute Gasteiger partial charge is 0.456 e. The molecule has 0 radical (unpaired) electrons. The third kappa shape index (κ3) is 6.35. The molecule has 2 heteroatoms. The topological polar surface area (TPSA) is 16.4 Å². The molecular formula is C69H49NO. The number of anilines is 3. The molecule has 0 saturated heterocycles. The van der Waals surface area contributed by atoms with Gasteiger partial charge >= 0.3 is 0 Å². The number of hydrogen-bond donors (Lipinski definition) is 0. The molecule has 1 aromatic heterocycles. The number of allylic oxidation sites excluding steroid dienone is 5. The third-order valence-corrected chi connectivity index (χ3v) is 15.2. The summed E-state index contributed by atoms with van der Waals surface area (Å²) in [5.74, 6) is 0. The van der Waals surface area contributed by atoms with Crippen molar-refractivity contribution >= 4 is 44.6 Å². The van der Waals surface area contributed by atoms with Crippen LogP contribution < -0.4 is 4.90 Å². The lowest BCUT2D eigenvalue weighted by Crippen LogP contribution is -2.29. The van der Waals surface area contributed by atoms with E-state index in [1.165, 1.54) is 61.2 Å². The second-order valence-corrected chi connectivity index (χ2v) is 18.7. The molecule has 1 atom stereocenters. The quantitative estimate of drug-likeness (QED) is 0.136. The highest BCUT2D eigenvalue weighted by molar-refractivity contribution is 6.06. The average molecular weight is 908 g/mol. The SMILES string of the molecule is C=CC1=C(/C=C\C)C(c2ccccc2)(c2ccc(N(c3ccc(C4(c5ccccc5)c5ccccc5-c5ccccc54)cc3)c3cccc(-c4ccc5oc6ccccc6c5c4)c3)cc2)c2ccccc21. The van der Waals surface area contributed by atoms with Crippen LogP contribution in [-0.4, -0.2) is 0 Å². The number of fused-ring (bicyclic) bond motifs is 7. The fourth-order valence-electron chi connectivity index (χ4n) is 12.2. The fourth-order valence-corrected chi connectivity index (χ4v) is 12.2. The Morgan fingerprint density at radius 3 is 1.51 bits per heavy atom. The van der Waals surface area contributed by atoms with Gasteiger partial charge in [0, 0.05) is 27.8 Å². The van der Waals surface area contributed by atoms with Gasteiger partial charge in [-0.15, -0.1) is 0 Å². The summed E-state index contributed by atoms with van der Waals surface area (Å²) in [5.41, 5.74) is 21.0. The molecule has 336 valence electrons. The Morgan fingerprint density at radius 1 is 0.394 bits per heavy atom. The second-order valence-electron chi connectivity index (χ2n) is 18.7. The zero-order valence-corrected chi connectivity index (χ0v) is 39.5. The number of hydrogen-bond acceptors (Lipinski definition) is 2. The molecule has 1 heterocycles. The van der Waals surface area contributed by atoms with E-state index in [1.54, 1.807) is 0 Å². The van der Waals surface area contributed by atoms with Crippen molar-refractivity contribution in [2.45, 2.75) is 17.8 Å². The zero-order valence-electron chi connectivity index (χ0n) is 39.5. The van der Waals surface area contributed by atoms with E-state index in [9.17, 15) is 0 Å². The minimum atomic E-state index is -0.561. The molecule has 2 aliphatic rings. The van der Waals surface area contributed by atoms with Crippen LogP contribution in [0.25, 0.3) is 49.8 Å². The summed E-state index contributed by atoms with van der Waals surface area (Å²) in [6.07, 6.45) is 6.47. The van der Waals surface area contributed by atoms with E-state index in [4.69, 9.17) is 4.42 Å². The highest BCUT2D eigenvalue weighted by Gasteiger charge is 2.47. The van der Waals surface area contributed by atoms with Gasteiger partial charge in [0.15, 0.2) is 0 Å². The molecule has 0 N–H and O–H groups in total. The minimum Gasteiger partial charge on any atom is -0.456 e. The maximum atomic E-state index is 6.26. The summed E-state index contributed by atoms with van der Waals surface area (Å²) in [4.78, 5) is 2.41. The van der Waals surface area contributed by atoms with Gasteiger partial charge < -0.3 is 9.32 Å². The lowest BCUT2D eigenvalue weighted by Gasteiger charge is -2.36. The van der Waals surface area contributed by atoms with Crippen molar-refractivity contribution in [3.05, 3.63) is 324 Å². The maximum Gasteiger partial charge on any atom is 0.135 e. The summed E-state index contributed by atoms with van der Waals surface area (Å²) < 4.78 is 6.26. The van der Waals surface area contributed by atoms with Gasteiger partial charge in [-0.25, -0.2) is 0 Å². The van der Waals surface area contributed by atoms with Gasteiger partial charge in [-0.1, -0.05) is 219 Å². The molecule has 0 aliphatic heterocycles. The summed E-state index contributed by atoms with van der Waals surface area (Å²) in [6, 6.07) is 91.1. The molecule has 71 heavy (non-hydrogen) atoms. The Balaban J connectivity index is 0.997. The normalized spacial score (nSPS) is 15.5. The molecule has 1 unspecified atom stereocenters. The number of nitrogens with zero attached hydrogens (tertiary/aromatic N) is 1. The molecular weight excluding hydrogens is 859 g/mol. The predicted octanol–water partition coefficient (Wildman–Crippen LogP) is 17.9. The van der Waals surface area contributed by atoms with Crippen molar-refractivity contribution in [2.75, 3.05) is 4.90 Å². The molecule has 0 bridgehead atoms. The van der Waals surface area contributed by atoms with Crippen LogP contribution in [0.3, 0.4) is 0 Å². The Labute approximate surface area is 415 Å². The monoisotopic (exact) mass is 907 g/mol. The molecule has 10 aromatic carbocycles. The minimum absolute atomic E-state index is 0.499. The van der Waals surface area contributed by atoms with Crippen molar-refractivity contribution in [3.63, 3.8) is 0 Å². The van der Waals surface area contributed by atoms with Crippen molar-refractivity contribution in [2.24, 2.45) is 0 Å². The van der Waals surface area contributed by atoms with E-state index in [-0.39, 0.29) is 0 Å². The smallest absolute Gasteiger partial charge is 0.135 e. The molecule has 0 fully saturated rings. The first-order valence-corrected chi connectivity index (χ1v) is 24.6. The van der Waals surface area contributed by atoms with Crippen LogP contribution in [0, 0.1) is 0 Å². The molecule has 0 spiro atoms. The van der Waals surface area contributed by atoms with Gasteiger partial charge in [0.2, 0.25) is 0 Å². The van der Waals surface area contributed by atoms with Crippen LogP contribution in [0.2, 0.25) is 0 Å². The molecule has 11 aromatic rings. The Hall–Kier alpha value is -8.98. The summed E-state index contributed by atoms with van der Waals surface area (Å²) in [5, 5.41) is 2.23. The second kappa shape index (κ2) is 16.9. The Bertz CT molecular complexity index is 3850. The van der Waals surface area contributed by atoms with E-state index in [0.29, 0.717) is 0 Å². The average Bonchev–Trinajstić information content (AvgIpc) is 4.07. The highest BCUT2D eigenvalue weighted by atomic mass is 16.3. The van der Waals surface area contributed by atoms with Crippen LogP contribution in [0.15, 0.2) is 284 Å². The summed E-state index contributed by atoms with van der Waals surface area (Å²) >= 11 is 0. The first-order chi connectivity index (χ1) is 35.1. The third-order valence-electron chi connectivity index (χ3n) is 15.2. The van der Waals surface area contributed by atoms with Crippen molar-refractivity contribution in [1.29, 1.82) is 0 Å². The van der Waals surface area contributed by atoms with E-state index in [2.05, 4.69) is 267 Å². The summed E-state index contributed by atoms with van der Waals surface area (Å²) in [6.45, 7) is 6.46. The van der Waals surface area contributed by atoms with E-state index >= 15 is 0 Å². The van der Waals surface area contributed by atoms with Crippen molar-refractivity contribution in [3.8, 4) is 22.3 Å². The molecule has 0 amide bonds. The standard InChI is InChI=1S/C69H49NO/c1-3-20-62-56(4-2)57-27-11-15-31-63(57)68(62,49-22-7-5-8-23-49)51-36-40-53(41-37-51)70(55-26-19-21-47(45-55)48-35-44-67-61(46-48)60-30-14-18-34-66(60)71-67)54-42-38-52(39-43-54)69(50-24-9-6-10-25-50)64-32-16-12-28-58(64)59-29-13-17-33-65(59)69/h3-46H,2H2,1H3/b20-3-. The molecule has 2 aliphatic carbocycles. The van der Waals surface area contributed by atoms with E-state index in [1.807, 2.05) is 18.2 Å².